The lowest BCUT2D eigenvalue weighted by atomic mass is 9.97. The van der Waals surface area contributed by atoms with E-state index in [0.717, 1.165) is 63.2 Å². The fraction of sp³-hybridized carbons (Fsp3) is 0.576. The molecule has 37 heavy (non-hydrogen) atoms. The third kappa shape index (κ3) is 7.69. The number of benzene rings is 2. The average molecular weight is 503 g/mol. The number of aryl methyl sites for hydroxylation is 2. The third-order valence-electron chi connectivity index (χ3n) is 7.45. The van der Waals surface area contributed by atoms with Crippen LogP contribution >= 0.6 is 0 Å². The zero-order valence-electron chi connectivity index (χ0n) is 23.4. The van der Waals surface area contributed by atoms with Crippen LogP contribution in [0.15, 0.2) is 58.5 Å². The highest BCUT2D eigenvalue weighted by molar-refractivity contribution is 5.98. The predicted octanol–water partition coefficient (Wildman–Crippen LogP) is 7.70. The van der Waals surface area contributed by atoms with Gasteiger partial charge in [0.2, 0.25) is 0 Å². The quantitative estimate of drug-likeness (QED) is 0.266. The number of nitrogens with zero attached hydrogens (tertiary/aromatic N) is 2. The summed E-state index contributed by atoms with van der Waals surface area (Å²) >= 11 is 0. The van der Waals surface area contributed by atoms with Gasteiger partial charge in [-0.25, -0.2) is 9.98 Å². The van der Waals surface area contributed by atoms with Gasteiger partial charge in [-0.15, -0.1) is 0 Å². The van der Waals surface area contributed by atoms with Crippen LogP contribution in [-0.2, 0) is 35.2 Å². The zero-order valence-corrected chi connectivity index (χ0v) is 23.4. The molecule has 0 bridgehead atoms. The Morgan fingerprint density at radius 3 is 1.43 bits per heavy atom. The lowest BCUT2D eigenvalue weighted by Gasteiger charge is -2.18. The van der Waals surface area contributed by atoms with Crippen LogP contribution in [0.25, 0.3) is 0 Å². The SMILES string of the molecule is CCCc1cccc(C[C@H]2N=C(CC3=N[C@H](Cc4cccc(CCC)c4)C(CCC)O3)OC2CCC)c1. The van der Waals surface area contributed by atoms with Gasteiger partial charge in [0.25, 0.3) is 0 Å². The molecule has 0 amide bonds. The topological polar surface area (TPSA) is 43.2 Å². The minimum absolute atomic E-state index is 0.139. The molecule has 2 aliphatic heterocycles. The molecule has 2 aromatic carbocycles. The van der Waals surface area contributed by atoms with Gasteiger partial charge in [0.05, 0.1) is 18.5 Å². The number of hydrogen-bond acceptors (Lipinski definition) is 4. The van der Waals surface area contributed by atoms with Gasteiger partial charge in [0.15, 0.2) is 11.8 Å². The molecule has 4 rings (SSSR count). The maximum absolute atomic E-state index is 6.41. The van der Waals surface area contributed by atoms with Crippen LogP contribution in [0, 0.1) is 0 Å². The van der Waals surface area contributed by atoms with Crippen LogP contribution in [-0.4, -0.2) is 36.1 Å². The van der Waals surface area contributed by atoms with Crippen LogP contribution in [0.5, 0.6) is 0 Å². The highest BCUT2D eigenvalue weighted by atomic mass is 16.5. The van der Waals surface area contributed by atoms with E-state index in [9.17, 15) is 0 Å². The molecule has 4 nitrogen and oxygen atoms in total. The zero-order chi connectivity index (χ0) is 26.0. The highest BCUT2D eigenvalue weighted by Gasteiger charge is 2.35. The maximum Gasteiger partial charge on any atom is 0.193 e. The Morgan fingerprint density at radius 2 is 1.03 bits per heavy atom. The van der Waals surface area contributed by atoms with Crippen molar-refractivity contribution < 1.29 is 9.47 Å². The van der Waals surface area contributed by atoms with Crippen molar-refractivity contribution >= 4 is 11.8 Å². The van der Waals surface area contributed by atoms with Crippen molar-refractivity contribution in [2.75, 3.05) is 0 Å². The summed E-state index contributed by atoms with van der Waals surface area (Å²) in [7, 11) is 0. The van der Waals surface area contributed by atoms with Gasteiger partial charge < -0.3 is 9.47 Å². The van der Waals surface area contributed by atoms with E-state index in [0.29, 0.717) is 6.42 Å². The van der Waals surface area contributed by atoms with Crippen LogP contribution in [0.3, 0.4) is 0 Å². The molecule has 0 saturated carbocycles. The fourth-order valence-electron chi connectivity index (χ4n) is 5.72. The smallest absolute Gasteiger partial charge is 0.193 e. The average Bonchev–Trinajstić information content (AvgIpc) is 3.43. The van der Waals surface area contributed by atoms with Crippen LogP contribution in [0.1, 0.15) is 94.9 Å². The van der Waals surface area contributed by atoms with Crippen molar-refractivity contribution in [3.8, 4) is 0 Å². The molecule has 2 aromatic rings. The Hall–Kier alpha value is -2.62. The summed E-state index contributed by atoms with van der Waals surface area (Å²) in [5.74, 6) is 1.60. The Labute approximate surface area is 224 Å². The maximum atomic E-state index is 6.41. The Balaban J connectivity index is 1.44. The first kappa shape index (κ1) is 27.4. The second-order valence-corrected chi connectivity index (χ2v) is 10.8. The number of rotatable bonds is 14. The molecule has 0 aromatic heterocycles. The molecule has 0 N–H and O–H groups in total. The Morgan fingerprint density at radius 1 is 0.595 bits per heavy atom. The van der Waals surface area contributed by atoms with Crippen molar-refractivity contribution in [2.24, 2.45) is 9.98 Å². The standard InChI is InChI=1S/C33H46N2O2/c1-5-11-24-15-9-17-26(19-24)21-28-30(13-7-3)36-32(34-28)23-33-35-29(31(37-33)14-8-4)22-27-18-10-16-25(20-27)12-6-2/h9-10,15-20,28-31H,5-8,11-14,21-23H2,1-4H3/t28-,29-,30?,31?/m1/s1. The molecule has 0 aliphatic carbocycles. The van der Waals surface area contributed by atoms with Crippen molar-refractivity contribution in [3.05, 3.63) is 70.8 Å². The molecule has 4 atom stereocenters. The van der Waals surface area contributed by atoms with Crippen LogP contribution < -0.4 is 0 Å². The number of aliphatic imine (C=N–C) groups is 2. The Bertz CT molecular complexity index is 976. The molecule has 2 aliphatic rings. The lowest BCUT2D eigenvalue weighted by molar-refractivity contribution is 0.167. The van der Waals surface area contributed by atoms with Gasteiger partial charge in [-0.3, -0.25) is 0 Å². The molecule has 0 radical (unpaired) electrons. The largest absolute Gasteiger partial charge is 0.475 e. The van der Waals surface area contributed by atoms with E-state index in [2.05, 4.69) is 76.2 Å². The van der Waals surface area contributed by atoms with E-state index < -0.39 is 0 Å². The lowest BCUT2D eigenvalue weighted by Crippen LogP contribution is -2.25. The van der Waals surface area contributed by atoms with E-state index in [1.54, 1.807) is 0 Å². The van der Waals surface area contributed by atoms with Crippen molar-refractivity contribution in [3.63, 3.8) is 0 Å². The monoisotopic (exact) mass is 502 g/mol. The first-order chi connectivity index (χ1) is 18.1. The summed E-state index contributed by atoms with van der Waals surface area (Å²) in [4.78, 5) is 10.1. The van der Waals surface area contributed by atoms with Gasteiger partial charge in [-0.2, -0.15) is 0 Å². The molecule has 2 unspecified atom stereocenters. The molecule has 4 heteroatoms. The van der Waals surface area contributed by atoms with E-state index >= 15 is 0 Å². The molecule has 0 spiro atoms. The highest BCUT2D eigenvalue weighted by Crippen LogP contribution is 2.27. The van der Waals surface area contributed by atoms with Crippen LogP contribution in [0.4, 0.5) is 0 Å². The minimum Gasteiger partial charge on any atom is -0.475 e. The molecule has 0 saturated heterocycles. The van der Waals surface area contributed by atoms with Gasteiger partial charge in [0.1, 0.15) is 12.2 Å². The minimum atomic E-state index is 0.139. The summed E-state index contributed by atoms with van der Waals surface area (Å²) in [5.41, 5.74) is 5.54. The van der Waals surface area contributed by atoms with Crippen molar-refractivity contribution in [1.29, 1.82) is 0 Å². The molecule has 0 fully saturated rings. The Kier molecular flexibility index (Phi) is 10.2. The number of ether oxygens (including phenoxy) is 2. The summed E-state index contributed by atoms with van der Waals surface area (Å²) in [6, 6.07) is 18.3. The normalized spacial score (nSPS) is 22.9. The van der Waals surface area contributed by atoms with Gasteiger partial charge in [-0.05, 0) is 60.8 Å². The van der Waals surface area contributed by atoms with Crippen LogP contribution in [0.2, 0.25) is 0 Å². The molecule has 2 heterocycles. The summed E-state index contributed by atoms with van der Waals surface area (Å²) < 4.78 is 12.8. The summed E-state index contributed by atoms with van der Waals surface area (Å²) in [5, 5.41) is 0. The van der Waals surface area contributed by atoms with E-state index in [1.807, 2.05) is 0 Å². The van der Waals surface area contributed by atoms with Crippen molar-refractivity contribution in [1.82, 2.24) is 0 Å². The van der Waals surface area contributed by atoms with Gasteiger partial charge in [-0.1, -0.05) is 102 Å². The number of hydrogen-bond donors (Lipinski definition) is 0. The predicted molar refractivity (Wildman–Crippen MR) is 155 cm³/mol. The summed E-state index contributed by atoms with van der Waals surface area (Å²) in [6.07, 6.45) is 11.5. The molecule has 200 valence electrons. The fourth-order valence-corrected chi connectivity index (χ4v) is 5.72. The summed E-state index contributed by atoms with van der Waals surface area (Å²) in [6.45, 7) is 8.91. The third-order valence-corrected chi connectivity index (χ3v) is 7.45. The van der Waals surface area contributed by atoms with E-state index in [-0.39, 0.29) is 24.3 Å². The first-order valence-electron chi connectivity index (χ1n) is 14.7. The first-order valence-corrected chi connectivity index (χ1v) is 14.7. The van der Waals surface area contributed by atoms with Gasteiger partial charge >= 0.3 is 0 Å². The molecular formula is C33H46N2O2. The van der Waals surface area contributed by atoms with Gasteiger partial charge in [0, 0.05) is 0 Å². The van der Waals surface area contributed by atoms with Crippen molar-refractivity contribution in [2.45, 2.75) is 123 Å². The second-order valence-electron chi connectivity index (χ2n) is 10.8. The second kappa shape index (κ2) is 13.8. The van der Waals surface area contributed by atoms with E-state index in [4.69, 9.17) is 19.5 Å². The van der Waals surface area contributed by atoms with E-state index in [1.165, 1.54) is 35.1 Å². The molecular weight excluding hydrogens is 456 g/mol.